The van der Waals surface area contributed by atoms with Gasteiger partial charge >= 0.3 is 0 Å². The lowest BCUT2D eigenvalue weighted by atomic mass is 9.86. The van der Waals surface area contributed by atoms with Crippen LogP contribution >= 0.6 is 0 Å². The van der Waals surface area contributed by atoms with E-state index in [1.54, 1.807) is 0 Å². The third-order valence-electron chi connectivity index (χ3n) is 3.92. The van der Waals surface area contributed by atoms with Crippen LogP contribution in [0.3, 0.4) is 0 Å². The quantitative estimate of drug-likeness (QED) is 0.883. The Hall–Kier alpha value is -1.31. The number of hydrogen-bond donors (Lipinski definition) is 1. The number of benzene rings is 1. The van der Waals surface area contributed by atoms with Crippen LogP contribution in [0.1, 0.15) is 57.6 Å². The molecular formula is C17H25NO. The number of amides is 1. The van der Waals surface area contributed by atoms with Gasteiger partial charge in [0.2, 0.25) is 5.91 Å². The van der Waals surface area contributed by atoms with Gasteiger partial charge in [-0.15, -0.1) is 0 Å². The van der Waals surface area contributed by atoms with Crippen LogP contribution in [0, 0.1) is 0 Å². The molecule has 1 aliphatic rings. The molecule has 0 bridgehead atoms. The van der Waals surface area contributed by atoms with Gasteiger partial charge in [-0.1, -0.05) is 45.0 Å². The maximum atomic E-state index is 11.3. The summed E-state index contributed by atoms with van der Waals surface area (Å²) in [7, 11) is 0. The summed E-state index contributed by atoms with van der Waals surface area (Å²) in [5.74, 6) is 0.222. The van der Waals surface area contributed by atoms with E-state index in [0.717, 1.165) is 25.7 Å². The van der Waals surface area contributed by atoms with Gasteiger partial charge < -0.3 is 5.32 Å². The van der Waals surface area contributed by atoms with E-state index in [-0.39, 0.29) is 11.3 Å². The largest absolute Gasteiger partial charge is 0.353 e. The molecule has 0 saturated carbocycles. The second-order valence-electron chi connectivity index (χ2n) is 6.64. The first kappa shape index (κ1) is 14.1. The van der Waals surface area contributed by atoms with Crippen molar-refractivity contribution in [2.24, 2.45) is 0 Å². The fourth-order valence-corrected chi connectivity index (χ4v) is 2.61. The van der Waals surface area contributed by atoms with Gasteiger partial charge in [-0.2, -0.15) is 0 Å². The average molecular weight is 259 g/mol. The number of piperidine rings is 1. The molecule has 1 unspecified atom stereocenters. The molecule has 1 aliphatic heterocycles. The molecule has 1 N–H and O–H groups in total. The second kappa shape index (κ2) is 5.77. The fourth-order valence-electron chi connectivity index (χ4n) is 2.61. The third-order valence-corrected chi connectivity index (χ3v) is 3.92. The normalized spacial score (nSPS) is 20.2. The topological polar surface area (TPSA) is 29.1 Å². The van der Waals surface area contributed by atoms with Gasteiger partial charge in [-0.3, -0.25) is 4.79 Å². The molecule has 1 saturated heterocycles. The molecule has 1 aromatic carbocycles. The Morgan fingerprint density at radius 3 is 2.47 bits per heavy atom. The number of carbonyl (C=O) groups is 1. The Balaban J connectivity index is 1.88. The van der Waals surface area contributed by atoms with Gasteiger partial charge in [-0.05, 0) is 42.2 Å². The number of carbonyl (C=O) groups excluding carboxylic acids is 1. The standard InChI is InChI=1S/C17H25NO/c1-17(2,3)14-10-7-13(8-11-14)9-12-15-5-4-6-16(19)18-15/h7-8,10-11,15H,4-6,9,12H2,1-3H3,(H,18,19). The molecule has 2 rings (SSSR count). The van der Waals surface area contributed by atoms with Crippen molar-refractivity contribution in [1.82, 2.24) is 5.32 Å². The van der Waals surface area contributed by atoms with Crippen molar-refractivity contribution in [3.63, 3.8) is 0 Å². The molecule has 0 aromatic heterocycles. The molecule has 1 amide bonds. The van der Waals surface area contributed by atoms with Crippen LogP contribution in [0.4, 0.5) is 0 Å². The summed E-state index contributed by atoms with van der Waals surface area (Å²) in [5.41, 5.74) is 2.96. The molecule has 104 valence electrons. The highest BCUT2D eigenvalue weighted by atomic mass is 16.1. The van der Waals surface area contributed by atoms with Gasteiger partial charge in [0.1, 0.15) is 0 Å². The molecule has 0 spiro atoms. The summed E-state index contributed by atoms with van der Waals surface area (Å²) >= 11 is 0. The van der Waals surface area contributed by atoms with Crippen molar-refractivity contribution in [1.29, 1.82) is 0 Å². The Kier molecular flexibility index (Phi) is 4.28. The lowest BCUT2D eigenvalue weighted by molar-refractivity contribution is -0.123. The molecule has 1 fully saturated rings. The Morgan fingerprint density at radius 1 is 1.21 bits per heavy atom. The minimum atomic E-state index is 0.218. The second-order valence-corrected chi connectivity index (χ2v) is 6.64. The average Bonchev–Trinajstić information content (AvgIpc) is 2.36. The Morgan fingerprint density at radius 2 is 1.89 bits per heavy atom. The molecule has 2 heteroatoms. The highest BCUT2D eigenvalue weighted by molar-refractivity contribution is 5.76. The Bertz CT molecular complexity index is 428. The van der Waals surface area contributed by atoms with Gasteiger partial charge in [0, 0.05) is 12.5 Å². The summed E-state index contributed by atoms with van der Waals surface area (Å²) in [4.78, 5) is 11.3. The zero-order valence-corrected chi connectivity index (χ0v) is 12.3. The number of aryl methyl sites for hydroxylation is 1. The summed E-state index contributed by atoms with van der Waals surface area (Å²) in [6, 6.07) is 9.29. The van der Waals surface area contributed by atoms with Crippen molar-refractivity contribution in [2.45, 2.75) is 64.3 Å². The van der Waals surface area contributed by atoms with E-state index < -0.39 is 0 Å². The van der Waals surface area contributed by atoms with E-state index in [9.17, 15) is 4.79 Å². The van der Waals surface area contributed by atoms with Crippen LogP contribution < -0.4 is 5.32 Å². The van der Waals surface area contributed by atoms with E-state index in [0.29, 0.717) is 12.5 Å². The fraction of sp³-hybridized carbons (Fsp3) is 0.588. The van der Waals surface area contributed by atoms with E-state index in [4.69, 9.17) is 0 Å². The summed E-state index contributed by atoms with van der Waals surface area (Å²) in [5, 5.41) is 3.08. The predicted octanol–water partition coefficient (Wildman–Crippen LogP) is 3.59. The zero-order valence-electron chi connectivity index (χ0n) is 12.3. The lowest BCUT2D eigenvalue weighted by Gasteiger charge is -2.23. The van der Waals surface area contributed by atoms with Crippen LogP contribution in [0.5, 0.6) is 0 Å². The van der Waals surface area contributed by atoms with Crippen LogP contribution in [-0.4, -0.2) is 11.9 Å². The maximum absolute atomic E-state index is 11.3. The van der Waals surface area contributed by atoms with Crippen LogP contribution in [0.25, 0.3) is 0 Å². The third kappa shape index (κ3) is 4.09. The van der Waals surface area contributed by atoms with Gasteiger partial charge in [0.15, 0.2) is 0 Å². The van der Waals surface area contributed by atoms with Crippen LogP contribution in [0.15, 0.2) is 24.3 Å². The SMILES string of the molecule is CC(C)(C)c1ccc(CCC2CCCC(=O)N2)cc1. The minimum Gasteiger partial charge on any atom is -0.353 e. The molecule has 19 heavy (non-hydrogen) atoms. The number of nitrogens with one attached hydrogen (secondary N) is 1. The maximum Gasteiger partial charge on any atom is 0.220 e. The molecule has 2 nitrogen and oxygen atoms in total. The predicted molar refractivity (Wildman–Crippen MR) is 79.2 cm³/mol. The molecule has 0 radical (unpaired) electrons. The van der Waals surface area contributed by atoms with E-state index in [1.807, 2.05) is 0 Å². The van der Waals surface area contributed by atoms with Crippen molar-refractivity contribution in [3.8, 4) is 0 Å². The highest BCUT2D eigenvalue weighted by Gasteiger charge is 2.18. The molecular weight excluding hydrogens is 234 g/mol. The number of rotatable bonds is 3. The van der Waals surface area contributed by atoms with Gasteiger partial charge in [0.05, 0.1) is 0 Å². The highest BCUT2D eigenvalue weighted by Crippen LogP contribution is 2.23. The first-order valence-electron chi connectivity index (χ1n) is 7.34. The lowest BCUT2D eigenvalue weighted by Crippen LogP contribution is -2.38. The van der Waals surface area contributed by atoms with Gasteiger partial charge in [0.25, 0.3) is 0 Å². The first-order chi connectivity index (χ1) is 8.95. The van der Waals surface area contributed by atoms with E-state index in [1.165, 1.54) is 11.1 Å². The van der Waals surface area contributed by atoms with Crippen molar-refractivity contribution in [3.05, 3.63) is 35.4 Å². The molecule has 1 atom stereocenters. The molecule has 0 aliphatic carbocycles. The van der Waals surface area contributed by atoms with E-state index >= 15 is 0 Å². The molecule has 1 aromatic rings. The summed E-state index contributed by atoms with van der Waals surface area (Å²) in [6.45, 7) is 6.71. The van der Waals surface area contributed by atoms with Gasteiger partial charge in [-0.25, -0.2) is 0 Å². The minimum absolute atomic E-state index is 0.218. The smallest absolute Gasteiger partial charge is 0.220 e. The Labute approximate surface area is 116 Å². The summed E-state index contributed by atoms with van der Waals surface area (Å²) < 4.78 is 0. The van der Waals surface area contributed by atoms with Crippen molar-refractivity contribution < 1.29 is 4.79 Å². The van der Waals surface area contributed by atoms with Crippen LogP contribution in [0.2, 0.25) is 0 Å². The zero-order chi connectivity index (χ0) is 13.9. The van der Waals surface area contributed by atoms with E-state index in [2.05, 4.69) is 50.4 Å². The monoisotopic (exact) mass is 259 g/mol. The van der Waals surface area contributed by atoms with Crippen molar-refractivity contribution >= 4 is 5.91 Å². The van der Waals surface area contributed by atoms with Crippen molar-refractivity contribution in [2.75, 3.05) is 0 Å². The number of hydrogen-bond acceptors (Lipinski definition) is 1. The van der Waals surface area contributed by atoms with Crippen LogP contribution in [-0.2, 0) is 16.6 Å². The first-order valence-corrected chi connectivity index (χ1v) is 7.34. The molecule has 1 heterocycles. The summed E-state index contributed by atoms with van der Waals surface area (Å²) in [6.07, 6.45) is 4.98.